The molecule has 0 radical (unpaired) electrons. The van der Waals surface area contributed by atoms with Crippen molar-refractivity contribution in [3.63, 3.8) is 0 Å². The molecule has 0 spiro atoms. The van der Waals surface area contributed by atoms with Gasteiger partial charge in [0, 0.05) is 36.7 Å². The van der Waals surface area contributed by atoms with Gasteiger partial charge in [-0.3, -0.25) is 4.79 Å². The Hall–Kier alpha value is -1.85. The van der Waals surface area contributed by atoms with Gasteiger partial charge in [-0.05, 0) is 67.7 Å². The third-order valence-electron chi connectivity index (χ3n) is 6.32. The van der Waals surface area contributed by atoms with Crippen LogP contribution in [0.3, 0.4) is 0 Å². The van der Waals surface area contributed by atoms with E-state index in [0.29, 0.717) is 24.2 Å². The summed E-state index contributed by atoms with van der Waals surface area (Å²) >= 11 is 1.58. The van der Waals surface area contributed by atoms with E-state index in [-0.39, 0.29) is 5.91 Å². The van der Waals surface area contributed by atoms with Crippen LogP contribution in [0.1, 0.15) is 61.8 Å². The number of carbonyl (C=O) groups excluding carboxylic acids is 2. The van der Waals surface area contributed by atoms with Crippen LogP contribution in [0.4, 0.5) is 4.79 Å². The van der Waals surface area contributed by atoms with Crippen molar-refractivity contribution in [2.45, 2.75) is 89.8 Å². The Bertz CT molecular complexity index is 874. The largest absolute Gasteiger partial charge is 0.498 e. The van der Waals surface area contributed by atoms with Crippen LogP contribution in [0.5, 0.6) is 0 Å². The Morgan fingerprint density at radius 2 is 1.82 bits per heavy atom. The average molecular weight is 492 g/mol. The number of thioether (sulfide) groups is 1. The van der Waals surface area contributed by atoms with Crippen molar-refractivity contribution >= 4 is 36.3 Å². The van der Waals surface area contributed by atoms with Crippen LogP contribution in [0.25, 0.3) is 0 Å². The Balaban J connectivity index is 1.45. The Labute approximate surface area is 207 Å². The van der Waals surface area contributed by atoms with Gasteiger partial charge in [-0.15, -0.1) is 0 Å². The predicted molar refractivity (Wildman–Crippen MR) is 132 cm³/mol. The van der Waals surface area contributed by atoms with Gasteiger partial charge in [0.2, 0.25) is 5.91 Å². The molecule has 0 saturated carbocycles. The van der Waals surface area contributed by atoms with E-state index < -0.39 is 36.1 Å². The number of rotatable bonds is 6. The van der Waals surface area contributed by atoms with E-state index in [0.717, 1.165) is 17.6 Å². The van der Waals surface area contributed by atoms with Crippen molar-refractivity contribution in [2.75, 3.05) is 18.8 Å². The van der Waals surface area contributed by atoms with Crippen molar-refractivity contribution in [2.24, 2.45) is 5.92 Å². The molecule has 0 bridgehead atoms. The molecule has 1 aromatic rings. The number of nitrogens with zero attached hydrogens (tertiary/aromatic N) is 3. The van der Waals surface area contributed by atoms with Crippen molar-refractivity contribution in [3.05, 3.63) is 12.4 Å². The van der Waals surface area contributed by atoms with Gasteiger partial charge in [0.05, 0.1) is 11.2 Å². The molecule has 2 aliphatic rings. The normalized spacial score (nSPS) is 22.5. The lowest BCUT2D eigenvalue weighted by Gasteiger charge is -2.32. The molecular weight excluding hydrogens is 455 g/mol. The second-order valence-electron chi connectivity index (χ2n) is 11.0. The highest BCUT2D eigenvalue weighted by molar-refractivity contribution is 7.99. The lowest BCUT2D eigenvalue weighted by Crippen LogP contribution is -2.47. The summed E-state index contributed by atoms with van der Waals surface area (Å²) in [7, 11) is -0.477. The number of nitrogens with one attached hydrogen (secondary N) is 1. The molecule has 2 saturated heterocycles. The molecular formula is C23H37BN4O5S. The van der Waals surface area contributed by atoms with Gasteiger partial charge in [-0.1, -0.05) is 11.8 Å². The van der Waals surface area contributed by atoms with E-state index in [9.17, 15) is 9.59 Å². The lowest BCUT2D eigenvalue weighted by molar-refractivity contribution is -0.132. The molecule has 9 nitrogen and oxygen atoms in total. The maximum Gasteiger partial charge on any atom is 0.498 e. The third kappa shape index (κ3) is 6.63. The van der Waals surface area contributed by atoms with E-state index >= 15 is 0 Å². The van der Waals surface area contributed by atoms with Crippen LogP contribution < -0.4 is 10.8 Å². The van der Waals surface area contributed by atoms with Gasteiger partial charge in [0.25, 0.3) is 0 Å². The van der Waals surface area contributed by atoms with Crippen molar-refractivity contribution in [3.8, 4) is 0 Å². The van der Waals surface area contributed by atoms with Gasteiger partial charge < -0.3 is 24.3 Å². The van der Waals surface area contributed by atoms with E-state index in [1.54, 1.807) is 56.8 Å². The fourth-order valence-corrected chi connectivity index (χ4v) is 4.59. The number of ether oxygens (including phenoxy) is 1. The molecule has 34 heavy (non-hydrogen) atoms. The van der Waals surface area contributed by atoms with Gasteiger partial charge >= 0.3 is 13.2 Å². The minimum atomic E-state index is -0.632. The van der Waals surface area contributed by atoms with Crippen LogP contribution in [0.2, 0.25) is 0 Å². The first-order valence-electron chi connectivity index (χ1n) is 11.8. The zero-order valence-electron chi connectivity index (χ0n) is 21.5. The van der Waals surface area contributed by atoms with Gasteiger partial charge in [0.1, 0.15) is 11.6 Å². The second kappa shape index (κ2) is 10.0. The number of amides is 2. The van der Waals surface area contributed by atoms with E-state index in [1.165, 1.54) is 0 Å². The number of hydrogen-bond donors (Lipinski definition) is 1. The third-order valence-corrected chi connectivity index (χ3v) is 7.43. The van der Waals surface area contributed by atoms with Crippen LogP contribution in [0.15, 0.2) is 17.6 Å². The number of aromatic nitrogens is 2. The van der Waals surface area contributed by atoms with Crippen LogP contribution >= 0.6 is 11.8 Å². The second-order valence-corrected chi connectivity index (χ2v) is 12.0. The van der Waals surface area contributed by atoms with Crippen LogP contribution in [0, 0.1) is 5.92 Å². The first kappa shape index (κ1) is 26.8. The van der Waals surface area contributed by atoms with E-state index in [4.69, 9.17) is 14.0 Å². The Morgan fingerprint density at radius 1 is 1.24 bits per heavy atom. The molecule has 2 amide bonds. The summed E-state index contributed by atoms with van der Waals surface area (Å²) in [5, 5.41) is 3.31. The Kier molecular flexibility index (Phi) is 7.89. The molecule has 1 aromatic heterocycles. The van der Waals surface area contributed by atoms with Gasteiger partial charge in [0.15, 0.2) is 5.16 Å². The maximum absolute atomic E-state index is 12.7. The molecule has 0 aromatic carbocycles. The van der Waals surface area contributed by atoms with E-state index in [1.807, 2.05) is 27.7 Å². The molecule has 2 atom stereocenters. The fourth-order valence-electron chi connectivity index (χ4n) is 3.68. The number of likely N-dealkylation sites (tertiary alicyclic amines) is 1. The van der Waals surface area contributed by atoms with Crippen molar-refractivity contribution in [1.82, 2.24) is 20.2 Å². The van der Waals surface area contributed by atoms with Crippen LogP contribution in [-0.2, 0) is 18.8 Å². The highest BCUT2D eigenvalue weighted by Crippen LogP contribution is 2.36. The molecule has 2 fully saturated rings. The zero-order chi connectivity index (χ0) is 25.3. The SMILES string of the molecule is C[C@@H](NC(=O)OC(C)(C)C)C(=O)N1CC[C@H](CSc2ncc(B3OC(C)(C)C(C)(C)O3)cn2)C1. The molecule has 2 aliphatic heterocycles. The van der Waals surface area contributed by atoms with Crippen LogP contribution in [-0.4, -0.2) is 75.7 Å². The molecule has 11 heteroatoms. The molecule has 1 N–H and O–H groups in total. The topological polar surface area (TPSA) is 103 Å². The molecule has 0 aliphatic carbocycles. The summed E-state index contributed by atoms with van der Waals surface area (Å²) < 4.78 is 17.3. The van der Waals surface area contributed by atoms with Crippen molar-refractivity contribution < 1.29 is 23.6 Å². The molecule has 188 valence electrons. The van der Waals surface area contributed by atoms with Gasteiger partial charge in [-0.2, -0.15) is 0 Å². The summed E-state index contributed by atoms with van der Waals surface area (Å²) in [4.78, 5) is 35.4. The minimum Gasteiger partial charge on any atom is -0.444 e. The minimum absolute atomic E-state index is 0.0959. The molecule has 0 unspecified atom stereocenters. The lowest BCUT2D eigenvalue weighted by atomic mass is 9.81. The highest BCUT2D eigenvalue weighted by Gasteiger charge is 2.52. The summed E-state index contributed by atoms with van der Waals surface area (Å²) in [6.07, 6.45) is 3.84. The highest BCUT2D eigenvalue weighted by atomic mass is 32.2. The Morgan fingerprint density at radius 3 is 2.38 bits per heavy atom. The smallest absolute Gasteiger partial charge is 0.444 e. The monoisotopic (exact) mass is 492 g/mol. The fraction of sp³-hybridized carbons (Fsp3) is 0.739. The molecule has 3 rings (SSSR count). The summed E-state index contributed by atoms with van der Waals surface area (Å²) in [6.45, 7) is 16.4. The first-order chi connectivity index (χ1) is 15.7. The maximum atomic E-state index is 12.7. The van der Waals surface area contributed by atoms with E-state index in [2.05, 4.69) is 15.3 Å². The summed E-state index contributed by atoms with van der Waals surface area (Å²) in [5.74, 6) is 1.06. The summed E-state index contributed by atoms with van der Waals surface area (Å²) in [6, 6.07) is -0.632. The van der Waals surface area contributed by atoms with Gasteiger partial charge in [-0.25, -0.2) is 14.8 Å². The quantitative estimate of drug-likeness (QED) is 0.367. The summed E-state index contributed by atoms with van der Waals surface area (Å²) in [5.41, 5.74) is -0.617. The molecule has 3 heterocycles. The number of hydrogen-bond acceptors (Lipinski definition) is 8. The first-order valence-corrected chi connectivity index (χ1v) is 12.7. The van der Waals surface area contributed by atoms with Crippen molar-refractivity contribution in [1.29, 1.82) is 0 Å². The standard InChI is InChI=1S/C23H37BN4O5S/c1-15(27-20(30)31-21(2,3)4)18(29)28-10-9-16(13-28)14-34-19-25-11-17(12-26-19)24-32-22(5,6)23(7,8)33-24/h11-12,15-16H,9-10,13-14H2,1-8H3,(H,27,30)/t15-,16+/m1/s1. The predicted octanol–water partition coefficient (Wildman–Crippen LogP) is 2.63. The average Bonchev–Trinajstić information content (AvgIpc) is 3.26. The zero-order valence-corrected chi connectivity index (χ0v) is 22.3. The number of alkyl carbamates (subject to hydrolysis) is 1. The number of carbonyl (C=O) groups is 2.